The Labute approximate surface area is 119 Å². The van der Waals surface area contributed by atoms with Crippen molar-refractivity contribution in [2.24, 2.45) is 0 Å². The Morgan fingerprint density at radius 3 is 2.95 bits per heavy atom. The summed E-state index contributed by atoms with van der Waals surface area (Å²) in [5.74, 6) is 0.689. The first-order chi connectivity index (χ1) is 9.83. The summed E-state index contributed by atoms with van der Waals surface area (Å²) in [6, 6.07) is 2.02. The van der Waals surface area contributed by atoms with Crippen molar-refractivity contribution in [2.45, 2.75) is 18.8 Å². The van der Waals surface area contributed by atoms with E-state index in [1.807, 2.05) is 11.0 Å². The van der Waals surface area contributed by atoms with Crippen LogP contribution in [0.4, 0.5) is 0 Å². The first-order valence-corrected chi connectivity index (χ1v) is 7.53. The summed E-state index contributed by atoms with van der Waals surface area (Å²) in [6.45, 7) is 6.22. The number of amides is 1. The maximum absolute atomic E-state index is 12.4. The summed E-state index contributed by atoms with van der Waals surface area (Å²) in [6.07, 6.45) is 4.01. The van der Waals surface area contributed by atoms with Crippen molar-refractivity contribution in [1.82, 2.24) is 25.3 Å². The number of hydrogen-bond donors (Lipinski definition) is 2. The van der Waals surface area contributed by atoms with Crippen LogP contribution in [0.15, 0.2) is 12.3 Å². The van der Waals surface area contributed by atoms with Gasteiger partial charge in [-0.3, -0.25) is 14.8 Å². The fourth-order valence-electron chi connectivity index (χ4n) is 3.11. The normalized spacial score (nSPS) is 24.8. The third-order valence-corrected chi connectivity index (χ3v) is 4.30. The van der Waals surface area contributed by atoms with Gasteiger partial charge in [0.25, 0.3) is 0 Å². The van der Waals surface area contributed by atoms with Crippen molar-refractivity contribution < 1.29 is 4.79 Å². The molecule has 1 amide bonds. The second-order valence-corrected chi connectivity index (χ2v) is 5.72. The first-order valence-electron chi connectivity index (χ1n) is 7.53. The minimum absolute atomic E-state index is 0.274. The quantitative estimate of drug-likeness (QED) is 0.817. The molecule has 0 spiro atoms. The SMILES string of the molecule is O=C(CN1CCNCC1)N1CCCC(c2ccn[nH]2)C1. The molecule has 2 aliphatic rings. The van der Waals surface area contributed by atoms with Gasteiger partial charge in [-0.15, -0.1) is 0 Å². The summed E-state index contributed by atoms with van der Waals surface area (Å²) < 4.78 is 0. The molecule has 3 heterocycles. The van der Waals surface area contributed by atoms with Gasteiger partial charge in [-0.25, -0.2) is 0 Å². The van der Waals surface area contributed by atoms with E-state index in [0.717, 1.165) is 57.8 Å². The van der Waals surface area contributed by atoms with Gasteiger partial charge < -0.3 is 10.2 Å². The molecular formula is C14H23N5O. The van der Waals surface area contributed by atoms with Crippen LogP contribution in [0, 0.1) is 0 Å². The number of nitrogens with zero attached hydrogens (tertiary/aromatic N) is 3. The minimum atomic E-state index is 0.274. The topological polar surface area (TPSA) is 64.3 Å². The first kappa shape index (κ1) is 13.6. The predicted octanol–water partition coefficient (Wildman–Crippen LogP) is 0.0209. The Bertz CT molecular complexity index is 427. The third-order valence-electron chi connectivity index (χ3n) is 4.30. The van der Waals surface area contributed by atoms with Gasteiger partial charge >= 0.3 is 0 Å². The molecule has 20 heavy (non-hydrogen) atoms. The average Bonchev–Trinajstić information content (AvgIpc) is 3.03. The molecule has 0 aliphatic carbocycles. The van der Waals surface area contributed by atoms with Crippen LogP contribution in [0.3, 0.4) is 0 Å². The lowest BCUT2D eigenvalue weighted by Crippen LogP contribution is -2.49. The Balaban J connectivity index is 1.54. The van der Waals surface area contributed by atoms with E-state index in [2.05, 4.69) is 20.4 Å². The Kier molecular flexibility index (Phi) is 4.32. The van der Waals surface area contributed by atoms with E-state index < -0.39 is 0 Å². The van der Waals surface area contributed by atoms with Crippen LogP contribution in [-0.4, -0.2) is 71.7 Å². The molecule has 2 saturated heterocycles. The number of carbonyl (C=O) groups excluding carboxylic acids is 1. The predicted molar refractivity (Wildman–Crippen MR) is 76.5 cm³/mol. The smallest absolute Gasteiger partial charge is 0.236 e. The second kappa shape index (κ2) is 6.37. The summed E-state index contributed by atoms with van der Waals surface area (Å²) in [4.78, 5) is 16.7. The van der Waals surface area contributed by atoms with Crippen LogP contribution in [0.25, 0.3) is 0 Å². The molecule has 6 nitrogen and oxygen atoms in total. The highest BCUT2D eigenvalue weighted by Crippen LogP contribution is 2.25. The molecule has 0 bridgehead atoms. The highest BCUT2D eigenvalue weighted by Gasteiger charge is 2.26. The largest absolute Gasteiger partial charge is 0.341 e. The van der Waals surface area contributed by atoms with Crippen molar-refractivity contribution in [3.8, 4) is 0 Å². The van der Waals surface area contributed by atoms with Gasteiger partial charge in [0.05, 0.1) is 6.54 Å². The molecule has 0 radical (unpaired) electrons. The third kappa shape index (κ3) is 3.19. The number of piperidine rings is 1. The maximum atomic E-state index is 12.4. The standard InChI is InChI=1S/C14H23N5O/c20-14(11-18-8-5-15-6-9-18)19-7-1-2-12(10-19)13-3-4-16-17-13/h3-4,12,15H,1-2,5-11H2,(H,16,17). The van der Waals surface area contributed by atoms with Crippen molar-refractivity contribution in [3.63, 3.8) is 0 Å². The molecule has 1 aromatic rings. The van der Waals surface area contributed by atoms with Crippen molar-refractivity contribution in [2.75, 3.05) is 45.8 Å². The minimum Gasteiger partial charge on any atom is -0.341 e. The number of rotatable bonds is 3. The van der Waals surface area contributed by atoms with Gasteiger partial charge in [-0.1, -0.05) is 0 Å². The lowest BCUT2D eigenvalue weighted by molar-refractivity contribution is -0.133. The van der Waals surface area contributed by atoms with Crippen LogP contribution < -0.4 is 5.32 Å². The maximum Gasteiger partial charge on any atom is 0.236 e. The van der Waals surface area contributed by atoms with Crippen molar-refractivity contribution in [1.29, 1.82) is 0 Å². The number of aromatic nitrogens is 2. The summed E-state index contributed by atoms with van der Waals surface area (Å²) >= 11 is 0. The van der Waals surface area contributed by atoms with Crippen LogP contribution >= 0.6 is 0 Å². The summed E-state index contributed by atoms with van der Waals surface area (Å²) in [5, 5.41) is 10.4. The van der Waals surface area contributed by atoms with Gasteiger partial charge in [0, 0.05) is 57.1 Å². The molecule has 0 saturated carbocycles. The Morgan fingerprint density at radius 1 is 1.35 bits per heavy atom. The number of aromatic amines is 1. The van der Waals surface area contributed by atoms with Gasteiger partial charge in [0.2, 0.25) is 5.91 Å². The van der Waals surface area contributed by atoms with Crippen LogP contribution in [0.5, 0.6) is 0 Å². The van der Waals surface area contributed by atoms with Gasteiger partial charge in [-0.05, 0) is 18.9 Å². The van der Waals surface area contributed by atoms with E-state index in [9.17, 15) is 4.79 Å². The number of nitrogens with one attached hydrogen (secondary N) is 2. The molecule has 1 atom stereocenters. The number of likely N-dealkylation sites (tertiary alicyclic amines) is 1. The number of carbonyl (C=O) groups is 1. The van der Waals surface area contributed by atoms with Gasteiger partial charge in [0.1, 0.15) is 0 Å². The second-order valence-electron chi connectivity index (χ2n) is 5.72. The molecule has 1 aromatic heterocycles. The van der Waals surface area contributed by atoms with E-state index in [1.165, 1.54) is 0 Å². The molecule has 2 N–H and O–H groups in total. The highest BCUT2D eigenvalue weighted by atomic mass is 16.2. The van der Waals surface area contributed by atoms with E-state index in [0.29, 0.717) is 12.5 Å². The summed E-state index contributed by atoms with van der Waals surface area (Å²) in [7, 11) is 0. The number of hydrogen-bond acceptors (Lipinski definition) is 4. The fraction of sp³-hybridized carbons (Fsp3) is 0.714. The molecule has 0 aromatic carbocycles. The highest BCUT2D eigenvalue weighted by molar-refractivity contribution is 5.78. The van der Waals surface area contributed by atoms with Crippen LogP contribution in [0.2, 0.25) is 0 Å². The molecule has 110 valence electrons. The van der Waals surface area contributed by atoms with Crippen molar-refractivity contribution in [3.05, 3.63) is 18.0 Å². The number of H-pyrrole nitrogens is 1. The zero-order valence-electron chi connectivity index (χ0n) is 11.8. The van der Waals surface area contributed by atoms with E-state index >= 15 is 0 Å². The number of piperazine rings is 1. The fourth-order valence-corrected chi connectivity index (χ4v) is 3.11. The van der Waals surface area contributed by atoms with E-state index in [-0.39, 0.29) is 5.91 Å². The van der Waals surface area contributed by atoms with Crippen molar-refractivity contribution >= 4 is 5.91 Å². The van der Waals surface area contributed by atoms with Gasteiger partial charge in [0.15, 0.2) is 0 Å². The molecule has 2 fully saturated rings. The zero-order chi connectivity index (χ0) is 13.8. The Morgan fingerprint density at radius 2 is 2.20 bits per heavy atom. The zero-order valence-corrected chi connectivity index (χ0v) is 11.8. The molecule has 3 rings (SSSR count). The van der Waals surface area contributed by atoms with E-state index in [4.69, 9.17) is 0 Å². The Hall–Kier alpha value is -1.40. The molecule has 1 unspecified atom stereocenters. The molecule has 6 heteroatoms. The molecular weight excluding hydrogens is 254 g/mol. The summed E-state index contributed by atoms with van der Waals surface area (Å²) in [5.41, 5.74) is 1.16. The lowest BCUT2D eigenvalue weighted by atomic mass is 9.95. The van der Waals surface area contributed by atoms with Gasteiger partial charge in [-0.2, -0.15) is 5.10 Å². The van der Waals surface area contributed by atoms with Crippen LogP contribution in [-0.2, 0) is 4.79 Å². The average molecular weight is 277 g/mol. The van der Waals surface area contributed by atoms with Crippen LogP contribution in [0.1, 0.15) is 24.5 Å². The monoisotopic (exact) mass is 277 g/mol. The molecule has 2 aliphatic heterocycles. The van der Waals surface area contributed by atoms with E-state index in [1.54, 1.807) is 6.20 Å². The lowest BCUT2D eigenvalue weighted by Gasteiger charge is -2.34.